The first-order valence-corrected chi connectivity index (χ1v) is 6.01. The Morgan fingerprint density at radius 3 is 2.50 bits per heavy atom. The number of benzene rings is 1. The zero-order chi connectivity index (χ0) is 12.3. The van der Waals surface area contributed by atoms with Gasteiger partial charge in [0.05, 0.1) is 13.2 Å². The maximum Gasteiger partial charge on any atom is 0.260 e. The van der Waals surface area contributed by atoms with Gasteiger partial charge in [0.25, 0.3) is 5.82 Å². The molecule has 0 aliphatic rings. The Hall–Kier alpha value is -1.54. The summed E-state index contributed by atoms with van der Waals surface area (Å²) in [6.45, 7) is 4.28. The lowest BCUT2D eigenvalue weighted by molar-refractivity contribution is -0.678. The van der Waals surface area contributed by atoms with Crippen LogP contribution >= 0.6 is 0 Å². The van der Waals surface area contributed by atoms with Gasteiger partial charge in [0.15, 0.2) is 0 Å². The molecule has 1 heterocycles. The predicted molar refractivity (Wildman–Crippen MR) is 71.4 cm³/mol. The van der Waals surface area contributed by atoms with Crippen LogP contribution in [0, 0.1) is 6.92 Å². The van der Waals surface area contributed by atoms with Crippen LogP contribution in [-0.2, 0) is 13.5 Å². The summed E-state index contributed by atoms with van der Waals surface area (Å²) >= 11 is 0. The summed E-state index contributed by atoms with van der Waals surface area (Å²) in [4.78, 5) is 0. The fraction of sp³-hybridized carbons (Fsp3) is 0.267. The molecule has 0 amide bonds. The molecule has 0 unspecified atom stereocenters. The lowest BCUT2D eigenvalue weighted by Crippen LogP contribution is -3.00. The molecule has 2 rings (SSSR count). The van der Waals surface area contributed by atoms with Gasteiger partial charge in [0, 0.05) is 6.42 Å². The number of halogens is 1. The third-order valence-corrected chi connectivity index (χ3v) is 2.98. The third-order valence-electron chi connectivity index (χ3n) is 2.98. The number of rotatable bonds is 3. The van der Waals surface area contributed by atoms with Crippen molar-refractivity contribution in [2.24, 2.45) is 7.05 Å². The molecule has 1 aromatic carbocycles. The second-order valence-corrected chi connectivity index (χ2v) is 4.31. The molecule has 0 aliphatic heterocycles. The SMILES string of the molecule is CCc1n(C=Cc2ccc(C)cc2)cc[n+]1C.[Cl-]. The van der Waals surface area contributed by atoms with E-state index in [0.29, 0.717) is 0 Å². The highest BCUT2D eigenvalue weighted by molar-refractivity contribution is 5.60. The average molecular weight is 263 g/mol. The van der Waals surface area contributed by atoms with Crippen molar-refractivity contribution in [1.29, 1.82) is 0 Å². The van der Waals surface area contributed by atoms with Crippen molar-refractivity contribution < 1.29 is 17.0 Å². The Kier molecular flexibility index (Phi) is 5.17. The molecule has 2 nitrogen and oxygen atoms in total. The van der Waals surface area contributed by atoms with Gasteiger partial charge in [0.2, 0.25) is 0 Å². The Morgan fingerprint density at radius 1 is 1.22 bits per heavy atom. The molecule has 0 saturated carbocycles. The van der Waals surface area contributed by atoms with Crippen LogP contribution < -0.4 is 17.0 Å². The number of aryl methyl sites for hydroxylation is 2. The zero-order valence-corrected chi connectivity index (χ0v) is 11.9. The molecule has 18 heavy (non-hydrogen) atoms. The number of nitrogens with zero attached hydrogens (tertiary/aromatic N) is 2. The smallest absolute Gasteiger partial charge is 0.260 e. The van der Waals surface area contributed by atoms with Gasteiger partial charge in [-0.3, -0.25) is 0 Å². The molecule has 1 aromatic heterocycles. The molecule has 0 spiro atoms. The lowest BCUT2D eigenvalue weighted by atomic mass is 10.1. The summed E-state index contributed by atoms with van der Waals surface area (Å²) in [7, 11) is 2.08. The van der Waals surface area contributed by atoms with Crippen LogP contribution in [0.3, 0.4) is 0 Å². The Bertz CT molecular complexity index is 524. The molecule has 0 fully saturated rings. The lowest BCUT2D eigenvalue weighted by Gasteiger charge is -1.95. The standard InChI is InChI=1S/C15H19N2.ClH/c1-4-15-16(3)11-12-17(15)10-9-14-7-5-13(2)6-8-14;/h5-12H,4H2,1-3H3;1H/q+1;/p-1. The predicted octanol–water partition coefficient (Wildman–Crippen LogP) is -0.185. The second-order valence-electron chi connectivity index (χ2n) is 4.31. The van der Waals surface area contributed by atoms with Gasteiger partial charge < -0.3 is 12.4 Å². The van der Waals surface area contributed by atoms with Crippen molar-refractivity contribution >= 4 is 12.3 Å². The highest BCUT2D eigenvalue weighted by Gasteiger charge is 2.08. The van der Waals surface area contributed by atoms with Crippen LogP contribution in [-0.4, -0.2) is 4.57 Å². The fourth-order valence-electron chi connectivity index (χ4n) is 1.94. The van der Waals surface area contributed by atoms with Crippen molar-refractivity contribution in [2.45, 2.75) is 20.3 Å². The number of aromatic nitrogens is 2. The van der Waals surface area contributed by atoms with Gasteiger partial charge in [-0.1, -0.05) is 36.8 Å². The minimum atomic E-state index is 0. The van der Waals surface area contributed by atoms with Gasteiger partial charge >= 0.3 is 0 Å². The summed E-state index contributed by atoms with van der Waals surface area (Å²) in [5, 5.41) is 0. The van der Waals surface area contributed by atoms with Gasteiger partial charge in [-0.05, 0) is 18.6 Å². The molecule has 0 saturated heterocycles. The average Bonchev–Trinajstić information content (AvgIpc) is 2.69. The van der Waals surface area contributed by atoms with E-state index in [9.17, 15) is 0 Å². The molecule has 3 heteroatoms. The molecule has 2 aromatic rings. The molecule has 0 radical (unpaired) electrons. The first-order valence-electron chi connectivity index (χ1n) is 6.01. The van der Waals surface area contributed by atoms with Gasteiger partial charge in [-0.25, -0.2) is 9.13 Å². The van der Waals surface area contributed by atoms with Crippen molar-refractivity contribution in [3.8, 4) is 0 Å². The maximum absolute atomic E-state index is 2.17. The molecule has 0 atom stereocenters. The van der Waals surface area contributed by atoms with E-state index in [1.165, 1.54) is 17.0 Å². The van der Waals surface area contributed by atoms with Gasteiger partial charge in [-0.2, -0.15) is 0 Å². The third kappa shape index (κ3) is 3.23. The molecular formula is C15H19ClN2. The van der Waals surface area contributed by atoms with E-state index in [2.05, 4.69) is 79.0 Å². The topological polar surface area (TPSA) is 8.81 Å². The highest BCUT2D eigenvalue weighted by Crippen LogP contribution is 2.06. The van der Waals surface area contributed by atoms with Crippen molar-refractivity contribution in [3.63, 3.8) is 0 Å². The molecule has 0 N–H and O–H groups in total. The largest absolute Gasteiger partial charge is 1.00 e. The second kappa shape index (κ2) is 6.41. The van der Waals surface area contributed by atoms with Crippen molar-refractivity contribution in [3.05, 3.63) is 53.6 Å². The number of hydrogen-bond acceptors (Lipinski definition) is 0. The quantitative estimate of drug-likeness (QED) is 0.679. The maximum atomic E-state index is 2.17. The zero-order valence-electron chi connectivity index (χ0n) is 11.1. The van der Waals surface area contributed by atoms with E-state index in [1.54, 1.807) is 0 Å². The summed E-state index contributed by atoms with van der Waals surface area (Å²) in [5.74, 6) is 1.30. The van der Waals surface area contributed by atoms with Gasteiger partial charge in [-0.15, -0.1) is 0 Å². The van der Waals surface area contributed by atoms with Crippen LogP contribution in [0.25, 0.3) is 12.3 Å². The van der Waals surface area contributed by atoms with Crippen molar-refractivity contribution in [1.82, 2.24) is 4.57 Å². The van der Waals surface area contributed by atoms with Crippen LogP contribution in [0.15, 0.2) is 36.7 Å². The normalized spacial score (nSPS) is 10.6. The van der Waals surface area contributed by atoms with E-state index in [4.69, 9.17) is 0 Å². The highest BCUT2D eigenvalue weighted by atomic mass is 35.5. The van der Waals surface area contributed by atoms with Crippen LogP contribution in [0.2, 0.25) is 0 Å². The number of imidazole rings is 1. The minimum absolute atomic E-state index is 0. The summed E-state index contributed by atoms with van der Waals surface area (Å²) < 4.78 is 4.32. The first-order chi connectivity index (χ1) is 8.20. The Labute approximate surface area is 115 Å². The first kappa shape index (κ1) is 14.5. The Balaban J connectivity index is 0.00000162. The molecule has 0 aliphatic carbocycles. The molecule has 0 bridgehead atoms. The summed E-state index contributed by atoms with van der Waals surface area (Å²) in [6.07, 6.45) is 9.45. The van der Waals surface area contributed by atoms with E-state index in [0.717, 1.165) is 6.42 Å². The molecule has 96 valence electrons. The van der Waals surface area contributed by atoms with Crippen LogP contribution in [0.1, 0.15) is 23.9 Å². The summed E-state index contributed by atoms with van der Waals surface area (Å²) in [5.41, 5.74) is 2.53. The van der Waals surface area contributed by atoms with Crippen LogP contribution in [0.5, 0.6) is 0 Å². The van der Waals surface area contributed by atoms with E-state index < -0.39 is 0 Å². The summed E-state index contributed by atoms with van der Waals surface area (Å²) in [6, 6.07) is 8.55. The number of hydrogen-bond donors (Lipinski definition) is 0. The van der Waals surface area contributed by atoms with E-state index >= 15 is 0 Å². The fourth-order valence-corrected chi connectivity index (χ4v) is 1.94. The molecular weight excluding hydrogens is 244 g/mol. The minimum Gasteiger partial charge on any atom is -1.00 e. The van der Waals surface area contributed by atoms with E-state index in [-0.39, 0.29) is 12.4 Å². The monoisotopic (exact) mass is 262 g/mol. The van der Waals surface area contributed by atoms with Crippen molar-refractivity contribution in [2.75, 3.05) is 0 Å². The van der Waals surface area contributed by atoms with E-state index in [1.807, 2.05) is 0 Å². The van der Waals surface area contributed by atoms with Crippen LogP contribution in [0.4, 0.5) is 0 Å². The van der Waals surface area contributed by atoms with Gasteiger partial charge in [0.1, 0.15) is 12.4 Å². The Morgan fingerprint density at radius 2 is 1.89 bits per heavy atom.